The molecule has 102 valence electrons. The van der Waals surface area contributed by atoms with Gasteiger partial charge in [-0.1, -0.05) is 20.3 Å². The van der Waals surface area contributed by atoms with Crippen molar-refractivity contribution in [1.82, 2.24) is 4.90 Å². The maximum atomic E-state index is 6.08. The fraction of sp³-hybridized carbons (Fsp3) is 1.00. The number of ether oxygens (including phenoxy) is 1. The van der Waals surface area contributed by atoms with Gasteiger partial charge in [0, 0.05) is 19.2 Å². The SMILES string of the molecule is CCC(CC)(CN)OCCC1CCCCN1C. The first-order valence-electron chi connectivity index (χ1n) is 7.21. The molecule has 17 heavy (non-hydrogen) atoms. The highest BCUT2D eigenvalue weighted by Crippen LogP contribution is 2.22. The molecule has 1 saturated heterocycles. The Hall–Kier alpha value is -0.120. The lowest BCUT2D eigenvalue weighted by Gasteiger charge is -2.35. The summed E-state index contributed by atoms with van der Waals surface area (Å²) in [6, 6.07) is 0.716. The van der Waals surface area contributed by atoms with E-state index in [0.29, 0.717) is 12.6 Å². The van der Waals surface area contributed by atoms with Crippen molar-refractivity contribution < 1.29 is 4.74 Å². The highest BCUT2D eigenvalue weighted by Gasteiger charge is 2.26. The van der Waals surface area contributed by atoms with E-state index in [0.717, 1.165) is 25.9 Å². The van der Waals surface area contributed by atoms with Crippen LogP contribution in [-0.4, -0.2) is 43.3 Å². The van der Waals surface area contributed by atoms with Crippen LogP contribution in [0.1, 0.15) is 52.4 Å². The van der Waals surface area contributed by atoms with Crippen molar-refractivity contribution in [3.05, 3.63) is 0 Å². The zero-order valence-electron chi connectivity index (χ0n) is 11.9. The van der Waals surface area contributed by atoms with Gasteiger partial charge < -0.3 is 15.4 Å². The van der Waals surface area contributed by atoms with Crippen LogP contribution >= 0.6 is 0 Å². The summed E-state index contributed by atoms with van der Waals surface area (Å²) in [5, 5.41) is 0. The molecule has 0 aromatic rings. The number of rotatable bonds is 7. The molecule has 1 aliphatic heterocycles. The van der Waals surface area contributed by atoms with Gasteiger partial charge in [0.2, 0.25) is 0 Å². The lowest BCUT2D eigenvalue weighted by molar-refractivity contribution is -0.0523. The molecule has 0 bridgehead atoms. The standard InChI is InChI=1S/C14H30N2O/c1-4-14(5-2,12-15)17-11-9-13-8-6-7-10-16(13)3/h13H,4-12,15H2,1-3H3. The molecule has 1 atom stereocenters. The molecule has 0 amide bonds. The summed E-state index contributed by atoms with van der Waals surface area (Å²) in [6.07, 6.45) is 7.23. The van der Waals surface area contributed by atoms with Gasteiger partial charge in [-0.15, -0.1) is 0 Å². The maximum Gasteiger partial charge on any atom is 0.0798 e. The molecule has 0 aliphatic carbocycles. The lowest BCUT2D eigenvalue weighted by atomic mass is 9.97. The number of nitrogens with two attached hydrogens (primary N) is 1. The van der Waals surface area contributed by atoms with Gasteiger partial charge in [0.05, 0.1) is 5.60 Å². The Balaban J connectivity index is 2.30. The van der Waals surface area contributed by atoms with Crippen molar-refractivity contribution in [2.75, 3.05) is 26.7 Å². The van der Waals surface area contributed by atoms with Gasteiger partial charge in [-0.25, -0.2) is 0 Å². The van der Waals surface area contributed by atoms with Gasteiger partial charge in [0.15, 0.2) is 0 Å². The zero-order chi connectivity index (χ0) is 12.7. The zero-order valence-corrected chi connectivity index (χ0v) is 11.9. The van der Waals surface area contributed by atoms with Crippen LogP contribution in [0.25, 0.3) is 0 Å². The van der Waals surface area contributed by atoms with Crippen molar-refractivity contribution in [2.24, 2.45) is 5.73 Å². The average molecular weight is 242 g/mol. The Bertz CT molecular complexity index is 196. The number of likely N-dealkylation sites (tertiary alicyclic amines) is 1. The van der Waals surface area contributed by atoms with Crippen LogP contribution in [0.4, 0.5) is 0 Å². The second kappa shape index (κ2) is 7.34. The molecule has 0 aromatic heterocycles. The molecule has 3 nitrogen and oxygen atoms in total. The summed E-state index contributed by atoms with van der Waals surface area (Å²) in [7, 11) is 2.24. The van der Waals surface area contributed by atoms with E-state index in [1.807, 2.05) is 0 Å². The molecule has 0 aromatic carbocycles. The molecular formula is C14H30N2O. The third-order valence-corrected chi connectivity index (χ3v) is 4.44. The van der Waals surface area contributed by atoms with Gasteiger partial charge >= 0.3 is 0 Å². The van der Waals surface area contributed by atoms with E-state index in [4.69, 9.17) is 10.5 Å². The second-order valence-electron chi connectivity index (χ2n) is 5.36. The third-order valence-electron chi connectivity index (χ3n) is 4.44. The van der Waals surface area contributed by atoms with Crippen molar-refractivity contribution in [3.8, 4) is 0 Å². The second-order valence-corrected chi connectivity index (χ2v) is 5.36. The Kier molecular flexibility index (Phi) is 6.45. The molecule has 3 heteroatoms. The summed E-state index contributed by atoms with van der Waals surface area (Å²) < 4.78 is 6.08. The summed E-state index contributed by atoms with van der Waals surface area (Å²) in [5.74, 6) is 0. The highest BCUT2D eigenvalue weighted by molar-refractivity contribution is 4.80. The van der Waals surface area contributed by atoms with E-state index in [-0.39, 0.29) is 5.60 Å². The maximum absolute atomic E-state index is 6.08. The quantitative estimate of drug-likeness (QED) is 0.745. The van der Waals surface area contributed by atoms with Crippen molar-refractivity contribution >= 4 is 0 Å². The largest absolute Gasteiger partial charge is 0.374 e. The summed E-state index contributed by atoms with van der Waals surface area (Å²) in [6.45, 7) is 7.08. The van der Waals surface area contributed by atoms with Crippen LogP contribution < -0.4 is 5.73 Å². The molecular weight excluding hydrogens is 212 g/mol. The average Bonchev–Trinajstić information content (AvgIpc) is 2.37. The third kappa shape index (κ3) is 4.23. The smallest absolute Gasteiger partial charge is 0.0798 e. The molecule has 0 radical (unpaired) electrons. The Morgan fingerprint density at radius 2 is 2.00 bits per heavy atom. The minimum atomic E-state index is -0.0762. The van der Waals surface area contributed by atoms with E-state index in [1.165, 1.54) is 25.8 Å². The Morgan fingerprint density at radius 1 is 1.29 bits per heavy atom. The normalized spacial score (nSPS) is 22.9. The summed E-state index contributed by atoms with van der Waals surface area (Å²) in [4.78, 5) is 2.48. The van der Waals surface area contributed by atoms with Crippen LogP contribution in [0.15, 0.2) is 0 Å². The molecule has 0 spiro atoms. The Labute approximate surface area is 107 Å². The monoisotopic (exact) mass is 242 g/mol. The molecule has 0 saturated carbocycles. The van der Waals surface area contributed by atoms with Gasteiger partial charge in [-0.2, -0.15) is 0 Å². The van der Waals surface area contributed by atoms with E-state index in [1.54, 1.807) is 0 Å². The highest BCUT2D eigenvalue weighted by atomic mass is 16.5. The van der Waals surface area contributed by atoms with Crippen molar-refractivity contribution in [3.63, 3.8) is 0 Å². The first-order valence-corrected chi connectivity index (χ1v) is 7.21. The predicted molar refractivity (Wildman–Crippen MR) is 73.2 cm³/mol. The van der Waals surface area contributed by atoms with Gasteiger partial charge in [-0.3, -0.25) is 0 Å². The topological polar surface area (TPSA) is 38.5 Å². The van der Waals surface area contributed by atoms with Crippen LogP contribution in [0.3, 0.4) is 0 Å². The first-order chi connectivity index (χ1) is 8.17. The molecule has 1 rings (SSSR count). The van der Waals surface area contributed by atoms with Crippen LogP contribution in [-0.2, 0) is 4.74 Å². The Morgan fingerprint density at radius 3 is 2.53 bits per heavy atom. The predicted octanol–water partition coefficient (Wildman–Crippen LogP) is 2.39. The minimum Gasteiger partial charge on any atom is -0.374 e. The van der Waals surface area contributed by atoms with E-state index in [9.17, 15) is 0 Å². The minimum absolute atomic E-state index is 0.0762. The molecule has 2 N–H and O–H groups in total. The molecule has 1 heterocycles. The van der Waals surface area contributed by atoms with Gasteiger partial charge in [0.25, 0.3) is 0 Å². The van der Waals surface area contributed by atoms with Gasteiger partial charge in [-0.05, 0) is 45.7 Å². The molecule has 1 unspecified atom stereocenters. The van der Waals surface area contributed by atoms with Crippen molar-refractivity contribution in [2.45, 2.75) is 64.0 Å². The van der Waals surface area contributed by atoms with E-state index < -0.39 is 0 Å². The van der Waals surface area contributed by atoms with Crippen LogP contribution in [0.2, 0.25) is 0 Å². The van der Waals surface area contributed by atoms with Gasteiger partial charge in [0.1, 0.15) is 0 Å². The summed E-state index contributed by atoms with van der Waals surface area (Å²) in [5.41, 5.74) is 5.76. The number of piperidine rings is 1. The summed E-state index contributed by atoms with van der Waals surface area (Å²) >= 11 is 0. The molecule has 1 fully saturated rings. The number of hydrogen-bond acceptors (Lipinski definition) is 3. The first kappa shape index (κ1) is 14.9. The van der Waals surface area contributed by atoms with Crippen molar-refractivity contribution in [1.29, 1.82) is 0 Å². The van der Waals surface area contributed by atoms with Crippen LogP contribution in [0.5, 0.6) is 0 Å². The fourth-order valence-electron chi connectivity index (χ4n) is 2.72. The number of nitrogens with zero attached hydrogens (tertiary/aromatic N) is 1. The number of hydrogen-bond donors (Lipinski definition) is 1. The fourth-order valence-corrected chi connectivity index (χ4v) is 2.72. The van der Waals surface area contributed by atoms with E-state index in [2.05, 4.69) is 25.8 Å². The van der Waals surface area contributed by atoms with Crippen LogP contribution in [0, 0.1) is 0 Å². The van der Waals surface area contributed by atoms with E-state index >= 15 is 0 Å². The molecule has 1 aliphatic rings. The lowest BCUT2D eigenvalue weighted by Crippen LogP contribution is -2.42.